The molecule has 0 aromatic carbocycles. The summed E-state index contributed by atoms with van der Waals surface area (Å²) in [6, 6.07) is -0.348. The Morgan fingerprint density at radius 3 is 2.81 bits per heavy atom. The van der Waals surface area contributed by atoms with Gasteiger partial charge in [0.05, 0.1) is 12.6 Å². The molecule has 5 heteroatoms. The molecule has 16 heavy (non-hydrogen) atoms. The van der Waals surface area contributed by atoms with Crippen LogP contribution in [0.2, 0.25) is 0 Å². The van der Waals surface area contributed by atoms with Gasteiger partial charge in [-0.25, -0.2) is 0 Å². The summed E-state index contributed by atoms with van der Waals surface area (Å²) in [7, 11) is 1.83. The Morgan fingerprint density at radius 2 is 2.31 bits per heavy atom. The first-order valence-electron chi connectivity index (χ1n) is 5.73. The van der Waals surface area contributed by atoms with Gasteiger partial charge < -0.3 is 15.4 Å². The van der Waals surface area contributed by atoms with Gasteiger partial charge in [0.25, 0.3) is 0 Å². The maximum Gasteiger partial charge on any atom is 0.239 e. The first-order chi connectivity index (χ1) is 7.15. The average Bonchev–Trinajstić information content (AvgIpc) is 2.28. The van der Waals surface area contributed by atoms with Crippen molar-refractivity contribution >= 4 is 18.3 Å². The normalized spacial score (nSPS) is 22.1. The molecular formula is C11H23ClN2O2. The Balaban J connectivity index is 0.00000225. The third-order valence-electron chi connectivity index (χ3n) is 2.92. The number of carbonyl (C=O) groups excluding carboxylic acids is 1. The minimum Gasteiger partial charge on any atom is -0.381 e. The maximum atomic E-state index is 11.7. The molecule has 96 valence electrons. The number of likely N-dealkylation sites (N-methyl/N-ethyl adjacent to an activating group) is 1. The van der Waals surface area contributed by atoms with E-state index in [-0.39, 0.29) is 24.4 Å². The van der Waals surface area contributed by atoms with Crippen LogP contribution in [0.25, 0.3) is 0 Å². The zero-order valence-electron chi connectivity index (χ0n) is 10.1. The highest BCUT2D eigenvalue weighted by molar-refractivity contribution is 5.85. The van der Waals surface area contributed by atoms with Crippen molar-refractivity contribution < 1.29 is 9.53 Å². The van der Waals surface area contributed by atoms with Gasteiger partial charge in [0.15, 0.2) is 0 Å². The lowest BCUT2D eigenvalue weighted by molar-refractivity contribution is -0.132. The zero-order chi connectivity index (χ0) is 11.3. The predicted octanol–water partition coefficient (Wildman–Crippen LogP) is 1.03. The second kappa shape index (κ2) is 7.87. The third-order valence-corrected chi connectivity index (χ3v) is 2.92. The fraction of sp³-hybridized carbons (Fsp3) is 0.909. The van der Waals surface area contributed by atoms with Crippen molar-refractivity contribution in [2.75, 3.05) is 26.8 Å². The SMILES string of the molecule is CC[C@H](N)C(=O)N(C)CC1CCCOC1.Cl. The summed E-state index contributed by atoms with van der Waals surface area (Å²) in [5, 5.41) is 0. The summed E-state index contributed by atoms with van der Waals surface area (Å²) in [5.41, 5.74) is 5.70. The van der Waals surface area contributed by atoms with E-state index in [4.69, 9.17) is 10.5 Å². The Bertz CT molecular complexity index is 208. The summed E-state index contributed by atoms with van der Waals surface area (Å²) < 4.78 is 5.38. The monoisotopic (exact) mass is 250 g/mol. The maximum absolute atomic E-state index is 11.7. The van der Waals surface area contributed by atoms with Crippen LogP contribution in [0.3, 0.4) is 0 Å². The van der Waals surface area contributed by atoms with E-state index >= 15 is 0 Å². The minimum absolute atomic E-state index is 0. The first kappa shape index (κ1) is 15.7. The van der Waals surface area contributed by atoms with Gasteiger partial charge in [0.1, 0.15) is 0 Å². The molecule has 1 aliphatic heterocycles. The molecule has 0 saturated carbocycles. The minimum atomic E-state index is -0.348. The first-order valence-corrected chi connectivity index (χ1v) is 5.73. The number of nitrogens with zero attached hydrogens (tertiary/aromatic N) is 1. The van der Waals surface area contributed by atoms with Crippen LogP contribution in [0.4, 0.5) is 0 Å². The summed E-state index contributed by atoms with van der Waals surface area (Å²) in [5.74, 6) is 0.528. The van der Waals surface area contributed by atoms with Crippen LogP contribution in [0.15, 0.2) is 0 Å². The number of ether oxygens (including phenoxy) is 1. The van der Waals surface area contributed by atoms with Gasteiger partial charge in [-0.1, -0.05) is 6.92 Å². The van der Waals surface area contributed by atoms with Gasteiger partial charge >= 0.3 is 0 Å². The molecule has 0 spiro atoms. The van der Waals surface area contributed by atoms with Gasteiger partial charge in [-0.05, 0) is 25.2 Å². The van der Waals surface area contributed by atoms with Crippen LogP contribution < -0.4 is 5.73 Å². The molecule has 2 N–H and O–H groups in total. The molecule has 2 atom stereocenters. The van der Waals surface area contributed by atoms with Crippen molar-refractivity contribution in [3.05, 3.63) is 0 Å². The smallest absolute Gasteiger partial charge is 0.239 e. The number of hydrogen-bond acceptors (Lipinski definition) is 3. The van der Waals surface area contributed by atoms with Crippen molar-refractivity contribution in [2.24, 2.45) is 11.7 Å². The molecule has 1 unspecified atom stereocenters. The molecule has 1 aliphatic rings. The van der Waals surface area contributed by atoms with Crippen molar-refractivity contribution in [2.45, 2.75) is 32.2 Å². The summed E-state index contributed by atoms with van der Waals surface area (Å²) in [4.78, 5) is 13.5. The van der Waals surface area contributed by atoms with Gasteiger partial charge in [0.2, 0.25) is 5.91 Å². The van der Waals surface area contributed by atoms with Crippen LogP contribution in [-0.4, -0.2) is 43.7 Å². The molecule has 0 aliphatic carbocycles. The van der Waals surface area contributed by atoms with E-state index in [2.05, 4.69) is 0 Å². The van der Waals surface area contributed by atoms with Crippen LogP contribution in [-0.2, 0) is 9.53 Å². The Morgan fingerprint density at radius 1 is 1.62 bits per heavy atom. The summed E-state index contributed by atoms with van der Waals surface area (Å²) in [6.45, 7) is 4.34. The van der Waals surface area contributed by atoms with Gasteiger partial charge in [-0.3, -0.25) is 4.79 Å². The average molecular weight is 251 g/mol. The molecule has 0 radical (unpaired) electrons. The quantitative estimate of drug-likeness (QED) is 0.811. The van der Waals surface area contributed by atoms with E-state index in [9.17, 15) is 4.79 Å². The second-order valence-corrected chi connectivity index (χ2v) is 4.32. The number of halogens is 1. The van der Waals surface area contributed by atoms with Gasteiger partial charge in [-0.15, -0.1) is 12.4 Å². The highest BCUT2D eigenvalue weighted by Gasteiger charge is 2.21. The van der Waals surface area contributed by atoms with Crippen LogP contribution >= 0.6 is 12.4 Å². The van der Waals surface area contributed by atoms with Crippen LogP contribution in [0.5, 0.6) is 0 Å². The molecule has 1 saturated heterocycles. The highest BCUT2D eigenvalue weighted by Crippen LogP contribution is 2.14. The molecule has 0 aromatic rings. The molecular weight excluding hydrogens is 228 g/mol. The Hall–Kier alpha value is -0.320. The molecule has 1 fully saturated rings. The topological polar surface area (TPSA) is 55.6 Å². The van der Waals surface area contributed by atoms with E-state index in [0.29, 0.717) is 12.3 Å². The standard InChI is InChI=1S/C11H22N2O2.ClH/c1-3-10(12)11(14)13(2)7-9-5-4-6-15-8-9;/h9-10H,3-8,12H2,1-2H3;1H/t9?,10-;/m0./s1. The fourth-order valence-corrected chi connectivity index (χ4v) is 1.89. The highest BCUT2D eigenvalue weighted by atomic mass is 35.5. The lowest BCUT2D eigenvalue weighted by Gasteiger charge is -2.28. The Labute approximate surface area is 104 Å². The number of carbonyl (C=O) groups is 1. The zero-order valence-corrected chi connectivity index (χ0v) is 11.0. The molecule has 0 bridgehead atoms. The number of nitrogens with two attached hydrogens (primary N) is 1. The van der Waals surface area contributed by atoms with E-state index in [1.807, 2.05) is 14.0 Å². The number of amides is 1. The number of rotatable bonds is 4. The molecule has 1 heterocycles. The molecule has 0 aromatic heterocycles. The second-order valence-electron chi connectivity index (χ2n) is 4.32. The van der Waals surface area contributed by atoms with Crippen LogP contribution in [0.1, 0.15) is 26.2 Å². The lowest BCUT2D eigenvalue weighted by Crippen LogP contribution is -2.44. The van der Waals surface area contributed by atoms with Crippen molar-refractivity contribution in [1.29, 1.82) is 0 Å². The largest absolute Gasteiger partial charge is 0.381 e. The third kappa shape index (κ3) is 4.68. The molecule has 1 amide bonds. The Kier molecular flexibility index (Phi) is 7.72. The van der Waals surface area contributed by atoms with E-state index in [0.717, 1.165) is 32.6 Å². The number of hydrogen-bond donors (Lipinski definition) is 1. The summed E-state index contributed by atoms with van der Waals surface area (Å²) >= 11 is 0. The van der Waals surface area contributed by atoms with E-state index in [1.54, 1.807) is 4.90 Å². The van der Waals surface area contributed by atoms with Crippen LogP contribution in [0, 0.1) is 5.92 Å². The van der Waals surface area contributed by atoms with E-state index in [1.165, 1.54) is 0 Å². The summed E-state index contributed by atoms with van der Waals surface area (Å²) in [6.07, 6.45) is 2.95. The van der Waals surface area contributed by atoms with Gasteiger partial charge in [-0.2, -0.15) is 0 Å². The van der Waals surface area contributed by atoms with E-state index < -0.39 is 0 Å². The van der Waals surface area contributed by atoms with Crippen molar-refractivity contribution in [3.63, 3.8) is 0 Å². The fourth-order valence-electron chi connectivity index (χ4n) is 1.89. The lowest BCUT2D eigenvalue weighted by atomic mass is 10.0. The predicted molar refractivity (Wildman–Crippen MR) is 66.7 cm³/mol. The molecule has 4 nitrogen and oxygen atoms in total. The van der Waals surface area contributed by atoms with Gasteiger partial charge in [0, 0.05) is 20.2 Å². The molecule has 1 rings (SSSR count). The van der Waals surface area contributed by atoms with Crippen molar-refractivity contribution in [3.8, 4) is 0 Å². The van der Waals surface area contributed by atoms with Crippen molar-refractivity contribution in [1.82, 2.24) is 4.90 Å².